The third-order valence-corrected chi connectivity index (χ3v) is 5.71. The first-order valence-corrected chi connectivity index (χ1v) is 10.6. The number of para-hydroxylation sites is 1. The summed E-state index contributed by atoms with van der Waals surface area (Å²) in [5.41, 5.74) is 4.03. The number of aliphatic imine (C=N–C) groups is 1. The van der Waals surface area contributed by atoms with Crippen molar-refractivity contribution in [2.45, 2.75) is 20.4 Å². The lowest BCUT2D eigenvalue weighted by Crippen LogP contribution is -2.24. The predicted molar refractivity (Wildman–Crippen MR) is 124 cm³/mol. The molecule has 1 aromatic heterocycles. The standard InChI is InChI=1S/C23H21N3O4S/c1-3-30-16-10-8-15(9-11-16)25-21(27)13-26-22(28)20(31-23(26)29)12-18-14(2)24-19-7-5-4-6-17(18)19/h4-12,28H,3,13H2,1-2H3,(H,25,27). The Morgan fingerprint density at radius 3 is 2.71 bits per heavy atom. The highest BCUT2D eigenvalue weighted by Crippen LogP contribution is 2.37. The quantitative estimate of drug-likeness (QED) is 0.604. The number of aromatic nitrogens is 1. The van der Waals surface area contributed by atoms with Gasteiger partial charge in [-0.05, 0) is 50.3 Å². The van der Waals surface area contributed by atoms with E-state index in [-0.39, 0.29) is 12.4 Å². The Bertz CT molecular complexity index is 1250. The monoisotopic (exact) mass is 435 g/mol. The average Bonchev–Trinajstić information content (AvgIpc) is 3.20. The lowest BCUT2D eigenvalue weighted by molar-refractivity contribution is -0.116. The number of aromatic hydroxyl groups is 1. The van der Waals surface area contributed by atoms with Crippen molar-refractivity contribution in [3.63, 3.8) is 0 Å². The van der Waals surface area contributed by atoms with E-state index in [1.165, 1.54) is 0 Å². The zero-order valence-electron chi connectivity index (χ0n) is 17.1. The normalized spacial score (nSPS) is 13.7. The zero-order valence-corrected chi connectivity index (χ0v) is 17.9. The highest BCUT2D eigenvalue weighted by molar-refractivity contribution is 7.10. The van der Waals surface area contributed by atoms with Gasteiger partial charge in [0.1, 0.15) is 12.3 Å². The van der Waals surface area contributed by atoms with Crippen molar-refractivity contribution in [3.8, 4) is 11.6 Å². The van der Waals surface area contributed by atoms with Crippen molar-refractivity contribution >= 4 is 46.0 Å². The number of amides is 1. The van der Waals surface area contributed by atoms with Crippen LogP contribution in [0, 0.1) is 0 Å². The molecule has 3 aromatic rings. The van der Waals surface area contributed by atoms with E-state index in [2.05, 4.69) is 10.3 Å². The highest BCUT2D eigenvalue weighted by Gasteiger charge is 2.20. The van der Waals surface area contributed by atoms with E-state index in [9.17, 15) is 14.7 Å². The molecule has 0 atom stereocenters. The van der Waals surface area contributed by atoms with Crippen molar-refractivity contribution in [2.24, 2.45) is 4.99 Å². The number of carbonyl (C=O) groups is 1. The maximum Gasteiger partial charge on any atom is 0.311 e. The Balaban J connectivity index is 1.53. The molecule has 4 rings (SSSR count). The average molecular weight is 436 g/mol. The number of nitrogens with zero attached hydrogens (tertiary/aromatic N) is 2. The van der Waals surface area contributed by atoms with Gasteiger partial charge in [0.25, 0.3) is 0 Å². The third kappa shape index (κ3) is 4.29. The van der Waals surface area contributed by atoms with Gasteiger partial charge in [-0.25, -0.2) is 0 Å². The van der Waals surface area contributed by atoms with Crippen LogP contribution in [-0.2, 0) is 11.3 Å². The van der Waals surface area contributed by atoms with Crippen LogP contribution in [-0.4, -0.2) is 27.9 Å². The van der Waals surface area contributed by atoms with E-state index in [1.807, 2.05) is 38.1 Å². The first-order valence-electron chi connectivity index (χ1n) is 9.78. The van der Waals surface area contributed by atoms with Gasteiger partial charge in [0, 0.05) is 22.5 Å². The second kappa shape index (κ2) is 8.61. The topological polar surface area (TPSA) is 92.9 Å². The van der Waals surface area contributed by atoms with Crippen LogP contribution in [0.5, 0.6) is 11.6 Å². The molecule has 8 heteroatoms. The number of benzene rings is 2. The van der Waals surface area contributed by atoms with Crippen molar-refractivity contribution in [3.05, 3.63) is 68.6 Å². The van der Waals surface area contributed by atoms with Crippen molar-refractivity contribution in [2.75, 3.05) is 11.9 Å². The summed E-state index contributed by atoms with van der Waals surface area (Å²) < 4.78 is 6.44. The van der Waals surface area contributed by atoms with Crippen molar-refractivity contribution in [1.29, 1.82) is 0 Å². The molecule has 2 aromatic carbocycles. The molecule has 0 saturated carbocycles. The van der Waals surface area contributed by atoms with E-state index >= 15 is 0 Å². The van der Waals surface area contributed by atoms with E-state index < -0.39 is 10.8 Å². The molecule has 0 radical (unpaired) electrons. The summed E-state index contributed by atoms with van der Waals surface area (Å²) in [6, 6.07) is 14.6. The smallest absolute Gasteiger partial charge is 0.311 e. The van der Waals surface area contributed by atoms with Gasteiger partial charge in [-0.15, -0.1) is 0 Å². The largest absolute Gasteiger partial charge is 0.494 e. The number of anilines is 1. The fourth-order valence-electron chi connectivity index (χ4n) is 3.34. The van der Waals surface area contributed by atoms with Crippen LogP contribution in [0.15, 0.2) is 58.3 Å². The van der Waals surface area contributed by atoms with Gasteiger partial charge in [-0.2, -0.15) is 0 Å². The maximum atomic E-state index is 12.4. The predicted octanol–water partition coefficient (Wildman–Crippen LogP) is 4.30. The number of nitrogens with one attached hydrogen (secondary N) is 1. The molecule has 2 heterocycles. The van der Waals surface area contributed by atoms with Gasteiger partial charge >= 0.3 is 4.87 Å². The Labute approximate surface area is 183 Å². The number of thiazole rings is 1. The maximum absolute atomic E-state index is 12.4. The van der Waals surface area contributed by atoms with Gasteiger partial charge in [0.05, 0.1) is 17.2 Å². The summed E-state index contributed by atoms with van der Waals surface area (Å²) in [6.45, 7) is 4.04. The SMILES string of the molecule is CCOc1ccc(NC(=O)Cn2c(O)c(C=C3C(C)=Nc4ccccc43)sc2=O)cc1. The zero-order chi connectivity index (χ0) is 22.0. The van der Waals surface area contributed by atoms with E-state index in [0.29, 0.717) is 22.9 Å². The molecule has 158 valence electrons. The second-order valence-electron chi connectivity index (χ2n) is 6.92. The molecule has 0 fully saturated rings. The number of hydrogen-bond donors (Lipinski definition) is 2. The fourth-order valence-corrected chi connectivity index (χ4v) is 4.17. The second-order valence-corrected chi connectivity index (χ2v) is 7.91. The van der Waals surface area contributed by atoms with Gasteiger partial charge < -0.3 is 15.2 Å². The van der Waals surface area contributed by atoms with Crippen LogP contribution in [0.2, 0.25) is 0 Å². The van der Waals surface area contributed by atoms with E-state index in [0.717, 1.165) is 38.4 Å². The number of fused-ring (bicyclic) bond motifs is 1. The Morgan fingerprint density at radius 1 is 1.23 bits per heavy atom. The summed E-state index contributed by atoms with van der Waals surface area (Å²) in [7, 11) is 0. The molecular weight excluding hydrogens is 414 g/mol. The molecule has 1 aliphatic rings. The van der Waals surface area contributed by atoms with Gasteiger partial charge in [0.2, 0.25) is 11.8 Å². The van der Waals surface area contributed by atoms with Crippen LogP contribution >= 0.6 is 11.3 Å². The molecule has 0 saturated heterocycles. The molecule has 31 heavy (non-hydrogen) atoms. The minimum Gasteiger partial charge on any atom is -0.494 e. The highest BCUT2D eigenvalue weighted by atomic mass is 32.1. The van der Waals surface area contributed by atoms with E-state index in [4.69, 9.17) is 4.74 Å². The molecule has 1 aliphatic heterocycles. The Kier molecular flexibility index (Phi) is 5.73. The minimum absolute atomic E-state index is 0.235. The summed E-state index contributed by atoms with van der Waals surface area (Å²) >= 11 is 0.890. The van der Waals surface area contributed by atoms with Crippen LogP contribution < -0.4 is 14.9 Å². The van der Waals surface area contributed by atoms with E-state index in [1.54, 1.807) is 30.3 Å². The van der Waals surface area contributed by atoms with Gasteiger partial charge in [-0.1, -0.05) is 29.5 Å². The first kappa shape index (κ1) is 20.6. The van der Waals surface area contributed by atoms with Gasteiger partial charge in [-0.3, -0.25) is 19.1 Å². The molecule has 1 amide bonds. The Morgan fingerprint density at radius 2 is 1.97 bits per heavy atom. The summed E-state index contributed by atoms with van der Waals surface area (Å²) in [4.78, 5) is 29.3. The Hall–Kier alpha value is -3.65. The molecule has 0 bridgehead atoms. The third-order valence-electron chi connectivity index (χ3n) is 4.79. The summed E-state index contributed by atoms with van der Waals surface area (Å²) in [5.74, 6) is 0.0567. The molecule has 0 aliphatic carbocycles. The first-order chi connectivity index (χ1) is 15.0. The van der Waals surface area contributed by atoms with Crippen LogP contribution in [0.3, 0.4) is 0 Å². The van der Waals surface area contributed by atoms with Gasteiger partial charge in [0.15, 0.2) is 0 Å². The number of allylic oxidation sites excluding steroid dienone is 1. The lowest BCUT2D eigenvalue weighted by atomic mass is 10.0. The molecule has 0 unspecified atom stereocenters. The van der Waals surface area contributed by atoms with Crippen LogP contribution in [0.4, 0.5) is 11.4 Å². The molecule has 0 spiro atoms. The summed E-state index contributed by atoms with van der Waals surface area (Å²) in [6.07, 6.45) is 1.74. The van der Waals surface area contributed by atoms with Crippen LogP contribution in [0.25, 0.3) is 11.6 Å². The number of hydrogen-bond acceptors (Lipinski definition) is 6. The number of rotatable bonds is 6. The number of ether oxygens (including phenoxy) is 1. The molecule has 2 N–H and O–H groups in total. The summed E-state index contributed by atoms with van der Waals surface area (Å²) in [5, 5.41) is 13.3. The van der Waals surface area contributed by atoms with Crippen molar-refractivity contribution < 1.29 is 14.6 Å². The lowest BCUT2D eigenvalue weighted by Gasteiger charge is -2.08. The minimum atomic E-state index is -0.414. The van der Waals surface area contributed by atoms with Crippen molar-refractivity contribution in [1.82, 2.24) is 4.57 Å². The molecule has 7 nitrogen and oxygen atoms in total. The number of carbonyl (C=O) groups excluding carboxylic acids is 1. The van der Waals surface area contributed by atoms with Crippen LogP contribution in [0.1, 0.15) is 24.3 Å². The molecular formula is C23H21N3O4S. The fraction of sp³-hybridized carbons (Fsp3) is 0.174.